The summed E-state index contributed by atoms with van der Waals surface area (Å²) in [5.74, 6) is -0.679. The average Bonchev–Trinajstić information content (AvgIpc) is 3.07. The predicted octanol–water partition coefficient (Wildman–Crippen LogP) is 2.12. The van der Waals surface area contributed by atoms with Gasteiger partial charge in [-0.05, 0) is 42.9 Å². The van der Waals surface area contributed by atoms with E-state index in [1.165, 1.54) is 35.3 Å². The number of halogens is 1. The highest BCUT2D eigenvalue weighted by Crippen LogP contribution is 2.29. The Kier molecular flexibility index (Phi) is 6.92. The number of nitrogens with one attached hydrogen (secondary N) is 2. The number of aromatic nitrogens is 1. The van der Waals surface area contributed by atoms with E-state index in [-0.39, 0.29) is 37.3 Å². The van der Waals surface area contributed by atoms with Crippen molar-refractivity contribution in [1.29, 1.82) is 0 Å². The fourth-order valence-electron chi connectivity index (χ4n) is 2.77. The van der Waals surface area contributed by atoms with Gasteiger partial charge >= 0.3 is 0 Å². The van der Waals surface area contributed by atoms with Crippen molar-refractivity contribution in [3.05, 3.63) is 34.7 Å². The van der Waals surface area contributed by atoms with E-state index in [1.807, 2.05) is 5.38 Å². The van der Waals surface area contributed by atoms with Crippen LogP contribution in [0.1, 0.15) is 24.0 Å². The Bertz CT molecular complexity index is 763. The molecular formula is C17H21ClN4O2S. The van der Waals surface area contributed by atoms with Crippen LogP contribution in [0.25, 0.3) is 11.3 Å². The molecule has 1 aromatic heterocycles. The lowest BCUT2D eigenvalue weighted by Gasteiger charge is -2.16. The Labute approximate surface area is 156 Å². The Morgan fingerprint density at radius 1 is 1.16 bits per heavy atom. The van der Waals surface area contributed by atoms with E-state index in [4.69, 9.17) is 5.73 Å². The molecule has 1 heterocycles. The largest absolute Gasteiger partial charge is 0.346 e. The summed E-state index contributed by atoms with van der Waals surface area (Å²) >= 11 is 1.37. The molecule has 0 fully saturated rings. The van der Waals surface area contributed by atoms with Crippen molar-refractivity contribution < 1.29 is 9.59 Å². The van der Waals surface area contributed by atoms with Crippen LogP contribution in [0.4, 0.5) is 5.13 Å². The normalized spacial score (nSPS) is 12.7. The third-order valence-corrected chi connectivity index (χ3v) is 4.78. The molecule has 1 aliphatic rings. The number of nitrogens with zero attached hydrogens (tertiary/aromatic N) is 1. The second-order valence-corrected chi connectivity index (χ2v) is 6.62. The van der Waals surface area contributed by atoms with Crippen LogP contribution in [-0.2, 0) is 22.4 Å². The van der Waals surface area contributed by atoms with Crippen molar-refractivity contribution in [3.63, 3.8) is 0 Å². The van der Waals surface area contributed by atoms with Gasteiger partial charge in [-0.1, -0.05) is 12.1 Å². The van der Waals surface area contributed by atoms with Crippen LogP contribution in [0.15, 0.2) is 23.6 Å². The number of rotatable bonds is 5. The minimum absolute atomic E-state index is 0. The molecule has 134 valence electrons. The van der Waals surface area contributed by atoms with Gasteiger partial charge in [-0.3, -0.25) is 9.59 Å². The number of aryl methyl sites for hydroxylation is 2. The summed E-state index contributed by atoms with van der Waals surface area (Å²) in [7, 11) is 0. The van der Waals surface area contributed by atoms with Gasteiger partial charge in [-0.25, -0.2) is 4.98 Å². The summed E-state index contributed by atoms with van der Waals surface area (Å²) in [6.07, 6.45) is 4.78. The number of carbonyl (C=O) groups is 2. The number of thiazole rings is 1. The van der Waals surface area contributed by atoms with Crippen molar-refractivity contribution in [1.82, 2.24) is 10.3 Å². The molecule has 0 saturated heterocycles. The van der Waals surface area contributed by atoms with Crippen molar-refractivity contribution in [3.8, 4) is 11.3 Å². The fourth-order valence-corrected chi connectivity index (χ4v) is 3.51. The Morgan fingerprint density at radius 2 is 1.92 bits per heavy atom. The first-order valence-corrected chi connectivity index (χ1v) is 8.88. The Morgan fingerprint density at radius 3 is 2.68 bits per heavy atom. The number of benzene rings is 1. The van der Waals surface area contributed by atoms with Crippen LogP contribution in [0.2, 0.25) is 0 Å². The smallest absolute Gasteiger partial charge is 0.245 e. The minimum Gasteiger partial charge on any atom is -0.346 e. The standard InChI is InChI=1S/C17H20N4O2S.ClH/c18-8-15(22)19-9-16(23)21-17-20-14(10-24-17)13-6-5-11-3-1-2-4-12(11)7-13;/h5-7,10H,1-4,8-9,18H2,(H,19,22)(H,20,21,23);1H. The second-order valence-electron chi connectivity index (χ2n) is 5.76. The number of hydrogen-bond donors (Lipinski definition) is 3. The number of amides is 2. The first-order chi connectivity index (χ1) is 11.7. The number of anilines is 1. The molecule has 4 N–H and O–H groups in total. The van der Waals surface area contributed by atoms with Gasteiger partial charge in [0.05, 0.1) is 18.8 Å². The summed E-state index contributed by atoms with van der Waals surface area (Å²) in [5, 5.41) is 7.56. The molecule has 2 aromatic rings. The van der Waals surface area contributed by atoms with Crippen molar-refractivity contribution >= 4 is 40.7 Å². The van der Waals surface area contributed by atoms with Crippen molar-refractivity contribution in [2.45, 2.75) is 25.7 Å². The monoisotopic (exact) mass is 380 g/mol. The Hall–Kier alpha value is -1.96. The third kappa shape index (κ3) is 5.01. The van der Waals surface area contributed by atoms with Crippen molar-refractivity contribution in [2.75, 3.05) is 18.4 Å². The van der Waals surface area contributed by atoms with Gasteiger partial charge in [0.25, 0.3) is 0 Å². The summed E-state index contributed by atoms with van der Waals surface area (Å²) in [5.41, 5.74) is 9.94. The van der Waals surface area contributed by atoms with Crippen LogP contribution in [0.3, 0.4) is 0 Å². The van der Waals surface area contributed by atoms with Gasteiger partial charge < -0.3 is 16.4 Å². The molecule has 1 aliphatic carbocycles. The van der Waals surface area contributed by atoms with Crippen LogP contribution in [0.5, 0.6) is 0 Å². The molecule has 25 heavy (non-hydrogen) atoms. The minimum atomic E-state index is -0.362. The topological polar surface area (TPSA) is 97.1 Å². The number of carbonyl (C=O) groups excluding carboxylic acids is 2. The SMILES string of the molecule is Cl.NCC(=O)NCC(=O)Nc1nc(-c2ccc3c(c2)CCCC3)cs1. The molecule has 8 heteroatoms. The predicted molar refractivity (Wildman–Crippen MR) is 102 cm³/mol. The lowest BCUT2D eigenvalue weighted by Crippen LogP contribution is -2.36. The average molecular weight is 381 g/mol. The maximum Gasteiger partial charge on any atom is 0.245 e. The van der Waals surface area contributed by atoms with Crippen LogP contribution >= 0.6 is 23.7 Å². The van der Waals surface area contributed by atoms with Gasteiger partial charge in [0.1, 0.15) is 0 Å². The van der Waals surface area contributed by atoms with Gasteiger partial charge in [0.15, 0.2) is 5.13 Å². The first kappa shape index (κ1) is 19.4. The highest BCUT2D eigenvalue weighted by Gasteiger charge is 2.13. The summed E-state index contributed by atoms with van der Waals surface area (Å²) < 4.78 is 0. The molecular weight excluding hydrogens is 360 g/mol. The maximum absolute atomic E-state index is 11.8. The zero-order valence-corrected chi connectivity index (χ0v) is 15.3. The molecule has 0 spiro atoms. The molecule has 0 bridgehead atoms. The van der Waals surface area contributed by atoms with Gasteiger partial charge in [0, 0.05) is 10.9 Å². The zero-order chi connectivity index (χ0) is 16.9. The third-order valence-electron chi connectivity index (χ3n) is 4.03. The van der Waals surface area contributed by atoms with E-state index >= 15 is 0 Å². The highest BCUT2D eigenvalue weighted by atomic mass is 35.5. The molecule has 1 aromatic carbocycles. The number of nitrogens with two attached hydrogens (primary N) is 1. The van der Waals surface area contributed by atoms with E-state index in [0.717, 1.165) is 24.1 Å². The quantitative estimate of drug-likeness (QED) is 0.740. The second kappa shape index (κ2) is 8.94. The molecule has 0 radical (unpaired) electrons. The first-order valence-electron chi connectivity index (χ1n) is 8.00. The lowest BCUT2D eigenvalue weighted by atomic mass is 9.90. The Balaban J connectivity index is 0.00000225. The van der Waals surface area contributed by atoms with Gasteiger partial charge in [-0.15, -0.1) is 23.7 Å². The zero-order valence-electron chi connectivity index (χ0n) is 13.7. The van der Waals surface area contributed by atoms with E-state index in [1.54, 1.807) is 0 Å². The molecule has 0 aliphatic heterocycles. The molecule has 3 rings (SSSR count). The number of fused-ring (bicyclic) bond motifs is 1. The molecule has 2 amide bonds. The van der Waals surface area contributed by atoms with Crippen LogP contribution < -0.4 is 16.4 Å². The molecule has 0 saturated carbocycles. The van der Waals surface area contributed by atoms with Gasteiger partial charge in [0.2, 0.25) is 11.8 Å². The highest BCUT2D eigenvalue weighted by molar-refractivity contribution is 7.14. The van der Waals surface area contributed by atoms with Crippen LogP contribution in [0, 0.1) is 0 Å². The van der Waals surface area contributed by atoms with Crippen molar-refractivity contribution in [2.24, 2.45) is 5.73 Å². The molecule has 6 nitrogen and oxygen atoms in total. The summed E-state index contributed by atoms with van der Waals surface area (Å²) in [6.45, 7) is -0.239. The fraction of sp³-hybridized carbons (Fsp3) is 0.353. The van der Waals surface area contributed by atoms with E-state index in [2.05, 4.69) is 33.8 Å². The number of hydrogen-bond acceptors (Lipinski definition) is 5. The molecule has 0 unspecified atom stereocenters. The maximum atomic E-state index is 11.8. The van der Waals surface area contributed by atoms with E-state index < -0.39 is 0 Å². The lowest BCUT2D eigenvalue weighted by molar-refractivity contribution is -0.123. The summed E-state index contributed by atoms with van der Waals surface area (Å²) in [6, 6.07) is 6.48. The van der Waals surface area contributed by atoms with E-state index in [0.29, 0.717) is 5.13 Å². The van der Waals surface area contributed by atoms with Crippen LogP contribution in [-0.4, -0.2) is 29.9 Å². The van der Waals surface area contributed by atoms with E-state index in [9.17, 15) is 9.59 Å². The van der Waals surface area contributed by atoms with Gasteiger partial charge in [-0.2, -0.15) is 0 Å². The summed E-state index contributed by atoms with van der Waals surface area (Å²) in [4.78, 5) is 27.3. The molecule has 0 atom stereocenters.